The minimum Gasteiger partial charge on any atom is -0.322 e. The number of benzene rings is 3. The Balaban J connectivity index is 1.55. The fourth-order valence-electron chi connectivity index (χ4n) is 4.27. The third-order valence-electron chi connectivity index (χ3n) is 6.29. The summed E-state index contributed by atoms with van der Waals surface area (Å²) in [6.45, 7) is 1.92. The van der Waals surface area contributed by atoms with Gasteiger partial charge in [-0.05, 0) is 60.9 Å². The topological polar surface area (TPSA) is 92.3 Å². The normalized spacial score (nSPS) is 17.7. The molecule has 34 heavy (non-hydrogen) atoms. The summed E-state index contributed by atoms with van der Waals surface area (Å²) in [4.78, 5) is 50.2. The number of piperidine rings is 1. The molecule has 3 aromatic carbocycles. The lowest BCUT2D eigenvalue weighted by Gasteiger charge is -2.35. The van der Waals surface area contributed by atoms with Crippen LogP contribution in [0.5, 0.6) is 0 Å². The highest BCUT2D eigenvalue weighted by Gasteiger charge is 2.42. The molecule has 7 heteroatoms. The highest BCUT2D eigenvalue weighted by atomic mass is 35.5. The molecule has 2 N–H and O–H groups in total. The molecule has 1 aliphatic rings. The first-order valence-electron chi connectivity index (χ1n) is 11.0. The van der Waals surface area contributed by atoms with Crippen LogP contribution in [0.2, 0.25) is 5.02 Å². The van der Waals surface area contributed by atoms with Crippen LogP contribution in [0.25, 0.3) is 0 Å². The molecule has 1 unspecified atom stereocenters. The first-order chi connectivity index (χ1) is 16.3. The number of imide groups is 1. The van der Waals surface area contributed by atoms with Gasteiger partial charge in [-0.15, -0.1) is 0 Å². The van der Waals surface area contributed by atoms with Crippen LogP contribution in [-0.2, 0) is 15.0 Å². The lowest BCUT2D eigenvalue weighted by atomic mass is 9.72. The van der Waals surface area contributed by atoms with Crippen LogP contribution < -0.4 is 10.6 Å². The molecule has 1 aliphatic heterocycles. The van der Waals surface area contributed by atoms with Gasteiger partial charge in [0.15, 0.2) is 5.78 Å². The number of anilines is 1. The first-order valence-corrected chi connectivity index (χ1v) is 11.4. The summed E-state index contributed by atoms with van der Waals surface area (Å²) in [5, 5.41) is 5.78. The largest absolute Gasteiger partial charge is 0.322 e. The molecule has 1 heterocycles. The molecule has 0 bridgehead atoms. The van der Waals surface area contributed by atoms with Crippen molar-refractivity contribution in [1.82, 2.24) is 5.32 Å². The number of amides is 3. The van der Waals surface area contributed by atoms with Crippen molar-refractivity contribution in [3.05, 3.63) is 100 Å². The molecule has 0 saturated carbocycles. The molecule has 3 amide bonds. The second-order valence-corrected chi connectivity index (χ2v) is 8.66. The Morgan fingerprint density at radius 2 is 1.59 bits per heavy atom. The zero-order chi connectivity index (χ0) is 24.3. The van der Waals surface area contributed by atoms with Crippen LogP contribution in [0.15, 0.2) is 72.8 Å². The second-order valence-electron chi connectivity index (χ2n) is 8.23. The molecule has 1 saturated heterocycles. The Labute approximate surface area is 202 Å². The van der Waals surface area contributed by atoms with E-state index in [1.807, 2.05) is 6.92 Å². The molecule has 0 aliphatic carbocycles. The third-order valence-corrected chi connectivity index (χ3v) is 6.54. The van der Waals surface area contributed by atoms with Gasteiger partial charge in [0, 0.05) is 28.3 Å². The second kappa shape index (κ2) is 9.61. The molecule has 4 rings (SSSR count). The van der Waals surface area contributed by atoms with Crippen molar-refractivity contribution in [3.63, 3.8) is 0 Å². The van der Waals surface area contributed by atoms with E-state index in [9.17, 15) is 19.2 Å². The van der Waals surface area contributed by atoms with Crippen LogP contribution in [-0.4, -0.2) is 23.5 Å². The average Bonchev–Trinajstić information content (AvgIpc) is 2.85. The Morgan fingerprint density at radius 3 is 2.21 bits per heavy atom. The van der Waals surface area contributed by atoms with Crippen LogP contribution in [0, 0.1) is 0 Å². The zero-order valence-corrected chi connectivity index (χ0v) is 19.3. The van der Waals surface area contributed by atoms with Crippen molar-refractivity contribution in [3.8, 4) is 0 Å². The molecule has 0 aromatic heterocycles. The van der Waals surface area contributed by atoms with Gasteiger partial charge in [-0.3, -0.25) is 24.5 Å². The van der Waals surface area contributed by atoms with Gasteiger partial charge in [0.25, 0.3) is 5.91 Å². The predicted octanol–water partition coefficient (Wildman–Crippen LogP) is 4.91. The fraction of sp³-hybridized carbons (Fsp3) is 0.185. The van der Waals surface area contributed by atoms with Gasteiger partial charge >= 0.3 is 0 Å². The smallest absolute Gasteiger partial charge is 0.256 e. The summed E-state index contributed by atoms with van der Waals surface area (Å²) >= 11 is 5.91. The zero-order valence-electron chi connectivity index (χ0n) is 18.6. The van der Waals surface area contributed by atoms with E-state index in [-0.39, 0.29) is 35.1 Å². The number of nitrogens with one attached hydrogen (secondary N) is 2. The lowest BCUT2D eigenvalue weighted by Crippen LogP contribution is -2.51. The van der Waals surface area contributed by atoms with Crippen molar-refractivity contribution in [2.24, 2.45) is 0 Å². The summed E-state index contributed by atoms with van der Waals surface area (Å²) in [6, 6.07) is 20.1. The van der Waals surface area contributed by atoms with Gasteiger partial charge in [-0.1, -0.05) is 48.9 Å². The Morgan fingerprint density at radius 1 is 0.941 bits per heavy atom. The maximum atomic E-state index is 13.0. The molecule has 6 nitrogen and oxygen atoms in total. The van der Waals surface area contributed by atoms with E-state index < -0.39 is 11.3 Å². The van der Waals surface area contributed by atoms with Crippen LogP contribution in [0.4, 0.5) is 5.69 Å². The summed E-state index contributed by atoms with van der Waals surface area (Å²) < 4.78 is 0. The van der Waals surface area contributed by atoms with Gasteiger partial charge in [-0.2, -0.15) is 0 Å². The predicted molar refractivity (Wildman–Crippen MR) is 130 cm³/mol. The third kappa shape index (κ3) is 4.50. The highest BCUT2D eigenvalue weighted by molar-refractivity contribution is 6.30. The minimum absolute atomic E-state index is 0.252. The average molecular weight is 475 g/mol. The molecular formula is C27H23ClN2O4. The number of carbonyl (C=O) groups excluding carboxylic acids is 4. The number of rotatable bonds is 6. The number of hydrogen-bond donors (Lipinski definition) is 2. The Hall–Kier alpha value is -3.77. The van der Waals surface area contributed by atoms with Crippen molar-refractivity contribution >= 4 is 40.8 Å². The maximum absolute atomic E-state index is 13.0. The van der Waals surface area contributed by atoms with Crippen LogP contribution in [0.3, 0.4) is 0 Å². The van der Waals surface area contributed by atoms with E-state index in [0.29, 0.717) is 29.1 Å². The first kappa shape index (κ1) is 23.4. The van der Waals surface area contributed by atoms with Crippen molar-refractivity contribution in [2.75, 3.05) is 5.32 Å². The molecule has 3 aromatic rings. The molecule has 172 valence electrons. The molecule has 1 atom stereocenters. The summed E-state index contributed by atoms with van der Waals surface area (Å²) in [5.41, 5.74) is 1.52. The molecule has 0 radical (unpaired) electrons. The van der Waals surface area contributed by atoms with E-state index in [1.165, 1.54) is 0 Å². The lowest BCUT2D eigenvalue weighted by molar-refractivity contribution is -0.138. The van der Waals surface area contributed by atoms with Crippen molar-refractivity contribution < 1.29 is 19.2 Å². The van der Waals surface area contributed by atoms with Gasteiger partial charge in [-0.25, -0.2) is 0 Å². The number of hydrogen-bond acceptors (Lipinski definition) is 4. The van der Waals surface area contributed by atoms with Gasteiger partial charge in [0.05, 0.1) is 11.0 Å². The van der Waals surface area contributed by atoms with Gasteiger partial charge in [0.2, 0.25) is 11.8 Å². The maximum Gasteiger partial charge on any atom is 0.256 e. The van der Waals surface area contributed by atoms with Crippen LogP contribution >= 0.6 is 11.6 Å². The van der Waals surface area contributed by atoms with E-state index in [1.54, 1.807) is 72.8 Å². The monoisotopic (exact) mass is 474 g/mol. The molecular weight excluding hydrogens is 452 g/mol. The minimum atomic E-state index is -0.770. The van der Waals surface area contributed by atoms with Gasteiger partial charge < -0.3 is 5.32 Å². The van der Waals surface area contributed by atoms with E-state index in [2.05, 4.69) is 10.6 Å². The Kier molecular flexibility index (Phi) is 6.61. The number of halogens is 1. The van der Waals surface area contributed by atoms with E-state index in [0.717, 1.165) is 5.56 Å². The SMILES string of the molecule is CCC1(c2ccc(NC(=O)c3ccccc3C(=O)c3ccc(Cl)cc3)cc2)CCC(=O)NC1=O. The standard InChI is InChI=1S/C27H23ClN2O4/c1-2-27(16-15-23(31)30-26(27)34)18-9-13-20(14-10-18)29-25(33)22-6-4-3-5-21(22)24(32)17-7-11-19(28)12-8-17/h3-14H,2,15-16H2,1H3,(H,29,33)(H,30,31,34). The van der Waals surface area contributed by atoms with Gasteiger partial charge in [0.1, 0.15) is 0 Å². The number of ketones is 1. The Bertz CT molecular complexity index is 1270. The van der Waals surface area contributed by atoms with E-state index in [4.69, 9.17) is 11.6 Å². The summed E-state index contributed by atoms with van der Waals surface area (Å²) in [7, 11) is 0. The summed E-state index contributed by atoms with van der Waals surface area (Å²) in [5.74, 6) is -1.25. The van der Waals surface area contributed by atoms with Crippen molar-refractivity contribution in [2.45, 2.75) is 31.6 Å². The molecule has 0 spiro atoms. The highest BCUT2D eigenvalue weighted by Crippen LogP contribution is 2.36. The fourth-order valence-corrected chi connectivity index (χ4v) is 4.40. The molecule has 1 fully saturated rings. The van der Waals surface area contributed by atoms with Crippen LogP contribution in [0.1, 0.15) is 58.0 Å². The van der Waals surface area contributed by atoms with Crippen molar-refractivity contribution in [1.29, 1.82) is 0 Å². The quantitative estimate of drug-likeness (QED) is 0.392. The number of carbonyl (C=O) groups is 4. The van der Waals surface area contributed by atoms with E-state index >= 15 is 0 Å². The summed E-state index contributed by atoms with van der Waals surface area (Å²) in [6.07, 6.45) is 1.29.